The SMILES string of the molecule is CC(OC(=O)c1cc(Br)ccc1O)C(=O)NC(N)=O. The Morgan fingerprint density at radius 2 is 2.05 bits per heavy atom. The lowest BCUT2D eigenvalue weighted by Gasteiger charge is -2.12. The van der Waals surface area contributed by atoms with E-state index in [1.54, 1.807) is 5.32 Å². The molecule has 0 saturated heterocycles. The fraction of sp³-hybridized carbons (Fsp3) is 0.182. The number of hydrogen-bond donors (Lipinski definition) is 3. The monoisotopic (exact) mass is 330 g/mol. The van der Waals surface area contributed by atoms with E-state index in [2.05, 4.69) is 15.9 Å². The van der Waals surface area contributed by atoms with Gasteiger partial charge in [0.25, 0.3) is 5.91 Å². The van der Waals surface area contributed by atoms with E-state index in [-0.39, 0.29) is 11.3 Å². The van der Waals surface area contributed by atoms with Gasteiger partial charge in [0.15, 0.2) is 6.10 Å². The molecule has 0 heterocycles. The van der Waals surface area contributed by atoms with Gasteiger partial charge in [-0.1, -0.05) is 15.9 Å². The molecule has 0 spiro atoms. The number of ether oxygens (including phenoxy) is 1. The lowest BCUT2D eigenvalue weighted by molar-refractivity contribution is -0.127. The van der Waals surface area contributed by atoms with Crippen molar-refractivity contribution in [1.29, 1.82) is 0 Å². The third kappa shape index (κ3) is 4.25. The molecular weight excluding hydrogens is 320 g/mol. The molecule has 0 bridgehead atoms. The first-order chi connectivity index (χ1) is 8.81. The number of esters is 1. The van der Waals surface area contributed by atoms with Crippen molar-refractivity contribution >= 4 is 33.8 Å². The molecule has 19 heavy (non-hydrogen) atoms. The molecule has 0 aliphatic rings. The smallest absolute Gasteiger partial charge is 0.342 e. The summed E-state index contributed by atoms with van der Waals surface area (Å²) in [6, 6.07) is 3.14. The zero-order valence-electron chi connectivity index (χ0n) is 9.84. The van der Waals surface area contributed by atoms with Gasteiger partial charge in [0.1, 0.15) is 11.3 Å². The number of imide groups is 1. The number of phenolic OH excluding ortho intramolecular Hbond substituents is 1. The Morgan fingerprint density at radius 3 is 2.63 bits per heavy atom. The second-order valence-corrected chi connectivity index (χ2v) is 4.48. The van der Waals surface area contributed by atoms with Crippen molar-refractivity contribution in [2.24, 2.45) is 5.73 Å². The number of primary amides is 1. The number of nitrogens with one attached hydrogen (secondary N) is 1. The van der Waals surface area contributed by atoms with Crippen LogP contribution in [-0.4, -0.2) is 29.1 Å². The van der Waals surface area contributed by atoms with E-state index >= 15 is 0 Å². The van der Waals surface area contributed by atoms with Gasteiger partial charge in [0.2, 0.25) is 0 Å². The van der Waals surface area contributed by atoms with Crippen LogP contribution in [0.5, 0.6) is 5.75 Å². The average Bonchev–Trinajstić information content (AvgIpc) is 2.31. The van der Waals surface area contributed by atoms with Crippen LogP contribution in [-0.2, 0) is 9.53 Å². The zero-order chi connectivity index (χ0) is 14.6. The minimum atomic E-state index is -1.22. The van der Waals surface area contributed by atoms with Crippen molar-refractivity contribution in [1.82, 2.24) is 5.32 Å². The second-order valence-electron chi connectivity index (χ2n) is 3.56. The first kappa shape index (κ1) is 15.0. The van der Waals surface area contributed by atoms with Crippen LogP contribution in [0.25, 0.3) is 0 Å². The average molecular weight is 331 g/mol. The van der Waals surface area contributed by atoms with Crippen LogP contribution in [0, 0.1) is 0 Å². The van der Waals surface area contributed by atoms with Crippen molar-refractivity contribution in [2.45, 2.75) is 13.0 Å². The minimum Gasteiger partial charge on any atom is -0.507 e. The molecule has 4 N–H and O–H groups in total. The molecule has 0 radical (unpaired) electrons. The Balaban J connectivity index is 2.77. The number of carbonyl (C=O) groups is 3. The summed E-state index contributed by atoms with van der Waals surface area (Å²) in [5.41, 5.74) is 4.66. The maximum absolute atomic E-state index is 11.7. The van der Waals surface area contributed by atoms with Crippen LogP contribution in [0.3, 0.4) is 0 Å². The first-order valence-electron chi connectivity index (χ1n) is 5.11. The first-order valence-corrected chi connectivity index (χ1v) is 5.90. The van der Waals surface area contributed by atoms with Crippen LogP contribution < -0.4 is 11.1 Å². The van der Waals surface area contributed by atoms with Crippen molar-refractivity contribution in [3.8, 4) is 5.75 Å². The maximum atomic E-state index is 11.7. The summed E-state index contributed by atoms with van der Waals surface area (Å²) < 4.78 is 5.36. The summed E-state index contributed by atoms with van der Waals surface area (Å²) in [6.07, 6.45) is -1.22. The molecule has 0 saturated carbocycles. The molecule has 102 valence electrons. The zero-order valence-corrected chi connectivity index (χ0v) is 11.4. The van der Waals surface area contributed by atoms with Gasteiger partial charge in [-0.25, -0.2) is 9.59 Å². The van der Waals surface area contributed by atoms with Gasteiger partial charge in [0.05, 0.1) is 0 Å². The molecule has 0 fully saturated rings. The van der Waals surface area contributed by atoms with E-state index < -0.39 is 24.0 Å². The van der Waals surface area contributed by atoms with E-state index in [0.717, 1.165) is 0 Å². The van der Waals surface area contributed by atoms with Gasteiger partial charge >= 0.3 is 12.0 Å². The number of rotatable bonds is 3. The lowest BCUT2D eigenvalue weighted by atomic mass is 10.2. The molecule has 0 aliphatic heterocycles. The minimum absolute atomic E-state index is 0.104. The Kier molecular flexibility index (Phi) is 4.87. The van der Waals surface area contributed by atoms with Gasteiger partial charge in [-0.3, -0.25) is 10.1 Å². The number of benzene rings is 1. The number of urea groups is 1. The fourth-order valence-corrected chi connectivity index (χ4v) is 1.53. The Hall–Kier alpha value is -2.09. The van der Waals surface area contributed by atoms with Gasteiger partial charge in [0, 0.05) is 4.47 Å². The molecule has 1 atom stereocenters. The van der Waals surface area contributed by atoms with Crippen LogP contribution in [0.4, 0.5) is 4.79 Å². The predicted octanol–water partition coefficient (Wildman–Crippen LogP) is 0.895. The van der Waals surface area contributed by atoms with Crippen molar-refractivity contribution in [2.75, 3.05) is 0 Å². The lowest BCUT2D eigenvalue weighted by Crippen LogP contribution is -2.42. The Morgan fingerprint density at radius 1 is 1.42 bits per heavy atom. The van der Waals surface area contributed by atoms with Crippen LogP contribution in [0.15, 0.2) is 22.7 Å². The predicted molar refractivity (Wildman–Crippen MR) is 68.4 cm³/mol. The number of nitrogens with two attached hydrogens (primary N) is 1. The standard InChI is InChI=1S/C11H11BrN2O5/c1-5(9(16)14-11(13)18)19-10(17)7-4-6(12)2-3-8(7)15/h2-5,15H,1H3,(H3,13,14,16,18). The maximum Gasteiger partial charge on any atom is 0.342 e. The molecule has 0 aliphatic carbocycles. The van der Waals surface area contributed by atoms with Crippen molar-refractivity contribution in [3.63, 3.8) is 0 Å². The summed E-state index contributed by atoms with van der Waals surface area (Å²) in [4.78, 5) is 33.5. The Bertz CT molecular complexity index is 532. The second kappa shape index (κ2) is 6.19. The highest BCUT2D eigenvalue weighted by atomic mass is 79.9. The van der Waals surface area contributed by atoms with Crippen LogP contribution in [0.1, 0.15) is 17.3 Å². The molecule has 1 aromatic rings. The number of amides is 3. The van der Waals surface area contributed by atoms with E-state index in [4.69, 9.17) is 10.5 Å². The highest BCUT2D eigenvalue weighted by Gasteiger charge is 2.21. The number of carbonyl (C=O) groups excluding carboxylic acids is 3. The van der Waals surface area contributed by atoms with E-state index in [9.17, 15) is 19.5 Å². The summed E-state index contributed by atoms with van der Waals surface area (Å²) in [7, 11) is 0. The van der Waals surface area contributed by atoms with Crippen LogP contribution in [0.2, 0.25) is 0 Å². The third-order valence-electron chi connectivity index (χ3n) is 2.08. The molecule has 7 nitrogen and oxygen atoms in total. The summed E-state index contributed by atoms with van der Waals surface area (Å²) in [5.74, 6) is -2.03. The van der Waals surface area contributed by atoms with Gasteiger partial charge in [-0.15, -0.1) is 0 Å². The highest BCUT2D eigenvalue weighted by molar-refractivity contribution is 9.10. The molecule has 3 amide bonds. The normalized spacial score (nSPS) is 11.5. The molecular formula is C11H11BrN2O5. The van der Waals surface area contributed by atoms with Crippen molar-refractivity contribution < 1.29 is 24.2 Å². The molecule has 0 aromatic heterocycles. The van der Waals surface area contributed by atoms with Gasteiger partial charge in [-0.05, 0) is 25.1 Å². The molecule has 1 unspecified atom stereocenters. The van der Waals surface area contributed by atoms with Gasteiger partial charge < -0.3 is 15.6 Å². The topological polar surface area (TPSA) is 119 Å². The fourth-order valence-electron chi connectivity index (χ4n) is 1.17. The third-order valence-corrected chi connectivity index (χ3v) is 2.57. The van der Waals surface area contributed by atoms with Crippen LogP contribution >= 0.6 is 15.9 Å². The summed E-state index contributed by atoms with van der Waals surface area (Å²) >= 11 is 3.13. The Labute approximate surface area is 116 Å². The molecule has 1 aromatic carbocycles. The van der Waals surface area contributed by atoms with E-state index in [1.165, 1.54) is 25.1 Å². The quantitative estimate of drug-likeness (QED) is 0.711. The molecule has 1 rings (SSSR count). The van der Waals surface area contributed by atoms with E-state index in [1.807, 2.05) is 0 Å². The number of hydrogen-bond acceptors (Lipinski definition) is 5. The number of phenols is 1. The number of aromatic hydroxyl groups is 1. The number of halogens is 1. The summed E-state index contributed by atoms with van der Waals surface area (Å²) in [6.45, 7) is 1.27. The molecule has 8 heteroatoms. The van der Waals surface area contributed by atoms with Crippen molar-refractivity contribution in [3.05, 3.63) is 28.2 Å². The van der Waals surface area contributed by atoms with Gasteiger partial charge in [-0.2, -0.15) is 0 Å². The van der Waals surface area contributed by atoms with E-state index in [0.29, 0.717) is 4.47 Å². The highest BCUT2D eigenvalue weighted by Crippen LogP contribution is 2.22. The largest absolute Gasteiger partial charge is 0.507 e. The summed E-state index contributed by atoms with van der Waals surface area (Å²) in [5, 5.41) is 11.3.